The van der Waals surface area contributed by atoms with Gasteiger partial charge in [0.15, 0.2) is 11.6 Å². The Morgan fingerprint density at radius 2 is 1.85 bits per heavy atom. The van der Waals surface area contributed by atoms with Crippen molar-refractivity contribution in [3.63, 3.8) is 0 Å². The number of benzene rings is 1. The predicted octanol–water partition coefficient (Wildman–Crippen LogP) is 3.97. The molecule has 2 N–H and O–H groups in total. The van der Waals surface area contributed by atoms with Crippen molar-refractivity contribution in [3.05, 3.63) is 78.1 Å². The van der Waals surface area contributed by atoms with Crippen LogP contribution in [0.3, 0.4) is 0 Å². The molecule has 3 aromatic rings. The highest BCUT2D eigenvalue weighted by Crippen LogP contribution is 2.24. The Morgan fingerprint density at radius 1 is 1.06 bits per heavy atom. The van der Waals surface area contributed by atoms with Crippen molar-refractivity contribution in [2.75, 3.05) is 25.0 Å². The number of amides is 1. The first-order chi connectivity index (χ1) is 16.2. The molecule has 1 unspecified atom stereocenters. The summed E-state index contributed by atoms with van der Waals surface area (Å²) in [6.07, 6.45) is 5.44. The van der Waals surface area contributed by atoms with Crippen LogP contribution in [0.25, 0.3) is 0 Å². The molecule has 0 saturated carbocycles. The first kappa shape index (κ1) is 24.0. The molecule has 0 aliphatic carbocycles. The maximum absolute atomic E-state index is 12.4. The third kappa shape index (κ3) is 8.07. The summed E-state index contributed by atoms with van der Waals surface area (Å²) in [5, 5.41) is 6.10. The quantitative estimate of drug-likeness (QED) is 0.300. The van der Waals surface area contributed by atoms with Crippen LogP contribution in [-0.2, 0) is 16.0 Å². The molecule has 0 aliphatic rings. The van der Waals surface area contributed by atoms with Gasteiger partial charge < -0.3 is 19.8 Å². The third-order valence-electron chi connectivity index (χ3n) is 5.05. The van der Waals surface area contributed by atoms with Gasteiger partial charge in [0.1, 0.15) is 12.1 Å². The van der Waals surface area contributed by atoms with Gasteiger partial charge in [-0.3, -0.25) is 9.59 Å². The number of hydrogen-bond donors (Lipinski definition) is 2. The van der Waals surface area contributed by atoms with Gasteiger partial charge in [-0.2, -0.15) is 0 Å². The number of anilines is 1. The van der Waals surface area contributed by atoms with Crippen molar-refractivity contribution >= 4 is 17.7 Å². The Kier molecular flexibility index (Phi) is 9.45. The topological polar surface area (TPSA) is 106 Å². The van der Waals surface area contributed by atoms with E-state index in [-0.39, 0.29) is 29.9 Å². The molecule has 0 bridgehead atoms. The molecule has 2 aromatic heterocycles. The van der Waals surface area contributed by atoms with Gasteiger partial charge in [-0.05, 0) is 37.5 Å². The van der Waals surface area contributed by atoms with E-state index in [4.69, 9.17) is 9.15 Å². The second kappa shape index (κ2) is 13.0. The first-order valence-electron chi connectivity index (χ1n) is 11.2. The summed E-state index contributed by atoms with van der Waals surface area (Å²) >= 11 is 0. The lowest BCUT2D eigenvalue weighted by Crippen LogP contribution is -2.25. The van der Waals surface area contributed by atoms with E-state index in [1.807, 2.05) is 48.5 Å². The van der Waals surface area contributed by atoms with E-state index in [2.05, 4.69) is 20.6 Å². The van der Waals surface area contributed by atoms with E-state index in [1.165, 1.54) is 6.26 Å². The highest BCUT2D eigenvalue weighted by molar-refractivity contribution is 5.91. The normalized spacial score (nSPS) is 11.5. The van der Waals surface area contributed by atoms with E-state index in [1.54, 1.807) is 13.1 Å². The monoisotopic (exact) mass is 450 g/mol. The van der Waals surface area contributed by atoms with Crippen LogP contribution in [0.1, 0.15) is 54.0 Å². The molecular weight excluding hydrogens is 420 g/mol. The van der Waals surface area contributed by atoms with E-state index in [0.29, 0.717) is 25.5 Å². The predicted molar refractivity (Wildman–Crippen MR) is 125 cm³/mol. The zero-order valence-electron chi connectivity index (χ0n) is 18.8. The minimum atomic E-state index is -0.274. The number of esters is 1. The van der Waals surface area contributed by atoms with Crippen LogP contribution in [0.4, 0.5) is 5.82 Å². The molecule has 0 fully saturated rings. The van der Waals surface area contributed by atoms with Gasteiger partial charge in [-0.15, -0.1) is 0 Å². The van der Waals surface area contributed by atoms with Crippen molar-refractivity contribution in [2.45, 2.75) is 38.5 Å². The fourth-order valence-corrected chi connectivity index (χ4v) is 3.40. The zero-order valence-corrected chi connectivity index (χ0v) is 18.8. The van der Waals surface area contributed by atoms with Crippen molar-refractivity contribution in [2.24, 2.45) is 0 Å². The van der Waals surface area contributed by atoms with Gasteiger partial charge in [-0.1, -0.05) is 36.4 Å². The summed E-state index contributed by atoms with van der Waals surface area (Å²) in [6, 6.07) is 15.4. The molecular formula is C25H30N4O4. The maximum Gasteiger partial charge on any atom is 0.306 e. The number of pyridine rings is 1. The van der Waals surface area contributed by atoms with Crippen LogP contribution in [0, 0.1) is 0 Å². The van der Waals surface area contributed by atoms with Gasteiger partial charge in [0.25, 0.3) is 5.91 Å². The average Bonchev–Trinajstić information content (AvgIpc) is 3.31. The van der Waals surface area contributed by atoms with Gasteiger partial charge in [0.05, 0.1) is 13.0 Å². The molecule has 8 heteroatoms. The number of nitrogens with zero attached hydrogens (tertiary/aromatic N) is 2. The van der Waals surface area contributed by atoms with Gasteiger partial charge in [0, 0.05) is 31.6 Å². The number of oxazole rings is 1. The van der Waals surface area contributed by atoms with Crippen molar-refractivity contribution in [3.8, 4) is 0 Å². The number of rotatable bonds is 13. The second-order valence-corrected chi connectivity index (χ2v) is 7.55. The number of ether oxygens (including phenoxy) is 1. The summed E-state index contributed by atoms with van der Waals surface area (Å²) in [7, 11) is 0. The standard InChI is InChI=1S/C25H30N4O4/c1-2-32-24(30)17-20(19-10-4-3-5-11-19)16-23-29-21(18-33-23)25(31)28-15-9-8-14-27-22-12-6-7-13-26-22/h3-7,10-13,18,20H,2,8-9,14-17H2,1H3,(H,26,27)(H,28,31). The molecule has 2 heterocycles. The molecule has 8 nitrogen and oxygen atoms in total. The molecule has 3 rings (SSSR count). The number of nitrogens with one attached hydrogen (secondary N) is 2. The largest absolute Gasteiger partial charge is 0.466 e. The minimum Gasteiger partial charge on any atom is -0.466 e. The summed E-state index contributed by atoms with van der Waals surface area (Å²) in [5.74, 6) is 0.565. The fourth-order valence-electron chi connectivity index (χ4n) is 3.40. The molecule has 1 amide bonds. The molecule has 174 valence electrons. The number of carbonyl (C=O) groups excluding carboxylic acids is 2. The van der Waals surface area contributed by atoms with Crippen LogP contribution >= 0.6 is 0 Å². The Morgan fingerprint density at radius 3 is 2.61 bits per heavy atom. The lowest BCUT2D eigenvalue weighted by atomic mass is 9.92. The SMILES string of the molecule is CCOC(=O)CC(Cc1nc(C(=O)NCCCCNc2ccccn2)co1)c1ccccc1. The maximum atomic E-state index is 12.4. The van der Waals surface area contributed by atoms with Crippen LogP contribution in [-0.4, -0.2) is 41.5 Å². The molecule has 33 heavy (non-hydrogen) atoms. The smallest absolute Gasteiger partial charge is 0.306 e. The summed E-state index contributed by atoms with van der Waals surface area (Å²) < 4.78 is 10.6. The number of carbonyl (C=O) groups is 2. The third-order valence-corrected chi connectivity index (χ3v) is 5.05. The van der Waals surface area contributed by atoms with Crippen LogP contribution in [0.5, 0.6) is 0 Å². The zero-order chi connectivity index (χ0) is 23.3. The molecule has 1 atom stereocenters. The highest BCUT2D eigenvalue weighted by Gasteiger charge is 2.21. The van der Waals surface area contributed by atoms with Crippen LogP contribution < -0.4 is 10.6 Å². The Balaban J connectivity index is 1.45. The Bertz CT molecular complexity index is 992. The first-order valence-corrected chi connectivity index (χ1v) is 11.2. The van der Waals surface area contributed by atoms with Gasteiger partial charge >= 0.3 is 5.97 Å². The Hall–Kier alpha value is -3.68. The molecule has 0 aliphatic heterocycles. The van der Waals surface area contributed by atoms with Crippen molar-refractivity contribution < 1.29 is 18.7 Å². The van der Waals surface area contributed by atoms with Gasteiger partial charge in [0.2, 0.25) is 0 Å². The Labute approximate surface area is 193 Å². The lowest BCUT2D eigenvalue weighted by molar-refractivity contribution is -0.143. The molecule has 0 radical (unpaired) electrons. The van der Waals surface area contributed by atoms with Crippen LogP contribution in [0.2, 0.25) is 0 Å². The number of hydrogen-bond acceptors (Lipinski definition) is 7. The summed E-state index contributed by atoms with van der Waals surface area (Å²) in [6.45, 7) is 3.44. The number of aromatic nitrogens is 2. The van der Waals surface area contributed by atoms with E-state index in [9.17, 15) is 9.59 Å². The summed E-state index contributed by atoms with van der Waals surface area (Å²) in [4.78, 5) is 33.0. The van der Waals surface area contributed by atoms with E-state index in [0.717, 1.165) is 30.8 Å². The van der Waals surface area contributed by atoms with Gasteiger partial charge in [-0.25, -0.2) is 9.97 Å². The second-order valence-electron chi connectivity index (χ2n) is 7.55. The van der Waals surface area contributed by atoms with Crippen molar-refractivity contribution in [1.82, 2.24) is 15.3 Å². The molecule has 1 aromatic carbocycles. The lowest BCUT2D eigenvalue weighted by Gasteiger charge is -2.14. The highest BCUT2D eigenvalue weighted by atomic mass is 16.5. The van der Waals surface area contributed by atoms with E-state index < -0.39 is 0 Å². The van der Waals surface area contributed by atoms with E-state index >= 15 is 0 Å². The number of unbranched alkanes of at least 4 members (excludes halogenated alkanes) is 1. The average molecular weight is 451 g/mol. The summed E-state index contributed by atoms with van der Waals surface area (Å²) in [5.41, 5.74) is 1.23. The van der Waals surface area contributed by atoms with Crippen LogP contribution in [0.15, 0.2) is 65.4 Å². The molecule has 0 saturated heterocycles. The van der Waals surface area contributed by atoms with Crippen molar-refractivity contribution in [1.29, 1.82) is 0 Å². The molecule has 0 spiro atoms. The fraction of sp³-hybridized carbons (Fsp3) is 0.360. The minimum absolute atomic E-state index is 0.147.